The monoisotopic (exact) mass is 283 g/mol. The number of aryl methyl sites for hydroxylation is 1. The molecule has 6 heteroatoms. The summed E-state index contributed by atoms with van der Waals surface area (Å²) >= 11 is 6.04. The van der Waals surface area contributed by atoms with Gasteiger partial charge in [-0.2, -0.15) is 0 Å². The topological polar surface area (TPSA) is 87.7 Å². The molecule has 0 spiro atoms. The smallest absolute Gasteiger partial charge is 0.235 e. The number of nitrogens with two attached hydrogens (primary N) is 1. The van der Waals surface area contributed by atoms with Gasteiger partial charge in [0.15, 0.2) is 5.84 Å². The summed E-state index contributed by atoms with van der Waals surface area (Å²) in [5, 5.41) is 14.8. The largest absolute Gasteiger partial charge is 0.409 e. The zero-order valence-corrected chi connectivity index (χ0v) is 11.7. The van der Waals surface area contributed by atoms with Crippen LogP contribution < -0.4 is 11.1 Å². The average Bonchev–Trinajstić information content (AvgIpc) is 2.38. The molecule has 0 fully saturated rings. The van der Waals surface area contributed by atoms with Crippen LogP contribution in [0.1, 0.15) is 25.3 Å². The Labute approximate surface area is 117 Å². The zero-order valence-electron chi connectivity index (χ0n) is 11.0. The molecule has 0 radical (unpaired) electrons. The third-order valence-electron chi connectivity index (χ3n) is 2.75. The number of hydrogen-bond acceptors (Lipinski definition) is 3. The quantitative estimate of drug-likeness (QED) is 0.336. The highest BCUT2D eigenvalue weighted by Crippen LogP contribution is 2.23. The van der Waals surface area contributed by atoms with Crippen molar-refractivity contribution in [3.63, 3.8) is 0 Å². The molecule has 1 aromatic carbocycles. The molecule has 1 rings (SSSR count). The molecular formula is C13H18ClN3O2. The van der Waals surface area contributed by atoms with Crippen molar-refractivity contribution in [1.82, 2.24) is 0 Å². The number of halogens is 1. The Hall–Kier alpha value is -1.75. The van der Waals surface area contributed by atoms with E-state index in [0.29, 0.717) is 17.1 Å². The lowest BCUT2D eigenvalue weighted by Crippen LogP contribution is -2.34. The third-order valence-corrected chi connectivity index (χ3v) is 3.06. The van der Waals surface area contributed by atoms with Crippen molar-refractivity contribution in [3.8, 4) is 0 Å². The van der Waals surface area contributed by atoms with E-state index >= 15 is 0 Å². The Bertz CT molecular complexity index is 489. The molecule has 1 atom stereocenters. The minimum Gasteiger partial charge on any atom is -0.409 e. The van der Waals surface area contributed by atoms with Crippen LogP contribution >= 0.6 is 11.6 Å². The normalized spacial score (nSPS) is 13.1. The van der Waals surface area contributed by atoms with Gasteiger partial charge < -0.3 is 16.3 Å². The summed E-state index contributed by atoms with van der Waals surface area (Å²) in [5.74, 6) is -1.09. The van der Waals surface area contributed by atoms with Crippen LogP contribution in [-0.4, -0.2) is 17.0 Å². The van der Waals surface area contributed by atoms with Crippen molar-refractivity contribution in [2.45, 2.75) is 26.7 Å². The first-order chi connectivity index (χ1) is 8.99. The zero-order chi connectivity index (χ0) is 14.4. The van der Waals surface area contributed by atoms with Crippen molar-refractivity contribution in [1.29, 1.82) is 0 Å². The second kappa shape index (κ2) is 6.99. The number of nitrogens with zero attached hydrogens (tertiary/aromatic N) is 1. The maximum atomic E-state index is 12.1. The molecule has 19 heavy (non-hydrogen) atoms. The summed E-state index contributed by atoms with van der Waals surface area (Å²) in [6.07, 6.45) is 1.25. The lowest BCUT2D eigenvalue weighted by Gasteiger charge is -2.15. The van der Waals surface area contributed by atoms with E-state index < -0.39 is 5.92 Å². The Morgan fingerprint density at radius 3 is 2.79 bits per heavy atom. The highest BCUT2D eigenvalue weighted by atomic mass is 35.5. The van der Waals surface area contributed by atoms with Gasteiger partial charge in [0.1, 0.15) is 0 Å². The number of anilines is 1. The SMILES string of the molecule is CCCC(C(=O)Nc1ccc(C)cc1Cl)C(N)=NO. The Morgan fingerprint density at radius 2 is 2.26 bits per heavy atom. The van der Waals surface area contributed by atoms with Crippen molar-refractivity contribution in [2.75, 3.05) is 5.32 Å². The first-order valence-electron chi connectivity index (χ1n) is 6.04. The van der Waals surface area contributed by atoms with Crippen molar-refractivity contribution in [3.05, 3.63) is 28.8 Å². The standard InChI is InChI=1S/C13H18ClN3O2/c1-3-4-9(12(15)17-19)13(18)16-11-6-5-8(2)7-10(11)14/h5-7,9,19H,3-4H2,1-2H3,(H2,15,17)(H,16,18). The van der Waals surface area contributed by atoms with Crippen LogP contribution in [0, 0.1) is 12.8 Å². The van der Waals surface area contributed by atoms with Crippen LogP contribution in [0.5, 0.6) is 0 Å². The van der Waals surface area contributed by atoms with Gasteiger partial charge in [-0.15, -0.1) is 0 Å². The fourth-order valence-electron chi connectivity index (χ4n) is 1.71. The number of hydrogen-bond donors (Lipinski definition) is 3. The lowest BCUT2D eigenvalue weighted by atomic mass is 10.0. The first kappa shape index (κ1) is 15.3. The molecule has 0 saturated heterocycles. The number of oxime groups is 1. The van der Waals surface area contributed by atoms with Crippen LogP contribution in [0.25, 0.3) is 0 Å². The van der Waals surface area contributed by atoms with Gasteiger partial charge in [-0.05, 0) is 31.0 Å². The van der Waals surface area contributed by atoms with E-state index in [0.717, 1.165) is 12.0 Å². The maximum Gasteiger partial charge on any atom is 0.235 e. The summed E-state index contributed by atoms with van der Waals surface area (Å²) in [4.78, 5) is 12.1. The Morgan fingerprint density at radius 1 is 1.58 bits per heavy atom. The lowest BCUT2D eigenvalue weighted by molar-refractivity contribution is -0.118. The predicted octanol–water partition coefficient (Wildman–Crippen LogP) is 2.75. The second-order valence-corrected chi connectivity index (χ2v) is 4.75. The molecule has 0 saturated carbocycles. The van der Waals surface area contributed by atoms with Gasteiger partial charge in [0.25, 0.3) is 0 Å². The minimum atomic E-state index is -0.660. The maximum absolute atomic E-state index is 12.1. The van der Waals surface area contributed by atoms with Gasteiger partial charge in [0.05, 0.1) is 16.6 Å². The van der Waals surface area contributed by atoms with E-state index in [1.54, 1.807) is 12.1 Å². The van der Waals surface area contributed by atoms with E-state index in [2.05, 4.69) is 10.5 Å². The van der Waals surface area contributed by atoms with Gasteiger partial charge in [-0.1, -0.05) is 36.2 Å². The Kier molecular flexibility index (Phi) is 5.63. The van der Waals surface area contributed by atoms with E-state index in [1.807, 2.05) is 19.9 Å². The molecule has 5 nitrogen and oxygen atoms in total. The van der Waals surface area contributed by atoms with Crippen LogP contribution in [-0.2, 0) is 4.79 Å². The molecule has 0 aromatic heterocycles. The van der Waals surface area contributed by atoms with Crippen molar-refractivity contribution in [2.24, 2.45) is 16.8 Å². The molecule has 0 bridgehead atoms. The van der Waals surface area contributed by atoms with Crippen LogP contribution in [0.2, 0.25) is 5.02 Å². The van der Waals surface area contributed by atoms with Crippen LogP contribution in [0.15, 0.2) is 23.4 Å². The highest BCUT2D eigenvalue weighted by molar-refractivity contribution is 6.33. The summed E-state index contributed by atoms with van der Waals surface area (Å²) in [6, 6.07) is 5.33. The molecule has 0 aliphatic heterocycles. The highest BCUT2D eigenvalue weighted by Gasteiger charge is 2.22. The van der Waals surface area contributed by atoms with Crippen LogP contribution in [0.3, 0.4) is 0 Å². The summed E-state index contributed by atoms with van der Waals surface area (Å²) in [5.41, 5.74) is 7.05. The van der Waals surface area contributed by atoms with Gasteiger partial charge >= 0.3 is 0 Å². The summed E-state index contributed by atoms with van der Waals surface area (Å²) < 4.78 is 0. The number of rotatable bonds is 5. The number of amidine groups is 1. The van der Waals surface area contributed by atoms with Gasteiger partial charge in [0, 0.05) is 0 Å². The van der Waals surface area contributed by atoms with Gasteiger partial charge in [-0.3, -0.25) is 4.79 Å². The van der Waals surface area contributed by atoms with Crippen LogP contribution in [0.4, 0.5) is 5.69 Å². The molecular weight excluding hydrogens is 266 g/mol. The molecule has 0 heterocycles. The number of carbonyl (C=O) groups is 1. The molecule has 0 aliphatic carbocycles. The molecule has 1 unspecified atom stereocenters. The summed E-state index contributed by atoms with van der Waals surface area (Å²) in [7, 11) is 0. The van der Waals surface area contributed by atoms with E-state index in [-0.39, 0.29) is 11.7 Å². The van der Waals surface area contributed by atoms with Gasteiger partial charge in [-0.25, -0.2) is 0 Å². The predicted molar refractivity (Wildman–Crippen MR) is 76.6 cm³/mol. The van der Waals surface area contributed by atoms with E-state index in [1.165, 1.54) is 0 Å². The molecule has 0 aliphatic rings. The number of nitrogens with one attached hydrogen (secondary N) is 1. The van der Waals surface area contributed by atoms with Crippen molar-refractivity contribution >= 4 is 29.0 Å². The Balaban J connectivity index is 2.87. The fraction of sp³-hybridized carbons (Fsp3) is 0.385. The first-order valence-corrected chi connectivity index (χ1v) is 6.41. The fourth-order valence-corrected chi connectivity index (χ4v) is 2.00. The molecule has 1 amide bonds. The molecule has 1 aromatic rings. The second-order valence-electron chi connectivity index (χ2n) is 4.34. The summed E-state index contributed by atoms with van der Waals surface area (Å²) in [6.45, 7) is 3.83. The average molecular weight is 284 g/mol. The van der Waals surface area contributed by atoms with Gasteiger partial charge in [0.2, 0.25) is 5.91 Å². The van der Waals surface area contributed by atoms with E-state index in [4.69, 9.17) is 22.5 Å². The number of benzene rings is 1. The number of carbonyl (C=O) groups excluding carboxylic acids is 1. The van der Waals surface area contributed by atoms with E-state index in [9.17, 15) is 4.79 Å². The molecule has 104 valence electrons. The third kappa shape index (κ3) is 4.13. The minimum absolute atomic E-state index is 0.0948. The van der Waals surface area contributed by atoms with Crippen molar-refractivity contribution < 1.29 is 10.0 Å². The number of amides is 1. The molecule has 4 N–H and O–H groups in total.